The minimum Gasteiger partial charge on any atom is -0.497 e. The number of carbonyl (C=O) groups excluding carboxylic acids is 2. The smallest absolute Gasteiger partial charge is 0.264 e. The van der Waals surface area contributed by atoms with Crippen molar-refractivity contribution < 1.29 is 27.5 Å². The molecule has 0 aliphatic carbocycles. The molecule has 9 nitrogen and oxygen atoms in total. The van der Waals surface area contributed by atoms with Crippen LogP contribution < -0.4 is 19.1 Å². The molecular weight excluding hydrogens is 613 g/mol. The lowest BCUT2D eigenvalue weighted by molar-refractivity contribution is -0.141. The maximum absolute atomic E-state index is 14.3. The maximum atomic E-state index is 14.3. The van der Waals surface area contributed by atoms with Gasteiger partial charge in [-0.1, -0.05) is 54.4 Å². The Morgan fingerprint density at radius 2 is 1.56 bits per heavy atom. The predicted octanol–water partition coefficient (Wildman–Crippen LogP) is 5.93. The van der Waals surface area contributed by atoms with Gasteiger partial charge in [0.2, 0.25) is 11.8 Å². The Balaban J connectivity index is 2.19. The molecule has 3 aromatic rings. The first-order valence-corrected chi connectivity index (χ1v) is 15.8. The second-order valence-corrected chi connectivity index (χ2v) is 13.4. The Labute approximate surface area is 263 Å². The molecule has 0 fully saturated rings. The molecule has 12 heteroatoms. The Kier molecular flexibility index (Phi) is 11.3. The molecule has 0 unspecified atom stereocenters. The molecule has 0 aliphatic heterocycles. The number of benzene rings is 3. The maximum Gasteiger partial charge on any atom is 0.264 e. The molecule has 2 amide bonds. The molecule has 0 heterocycles. The molecule has 0 spiro atoms. The molecule has 0 aromatic heterocycles. The summed E-state index contributed by atoms with van der Waals surface area (Å²) >= 11 is 13.0. The van der Waals surface area contributed by atoms with Crippen molar-refractivity contribution in [3.63, 3.8) is 0 Å². The molecule has 0 saturated carbocycles. The van der Waals surface area contributed by atoms with Crippen molar-refractivity contribution in [2.75, 3.05) is 25.1 Å². The number of rotatable bonds is 12. The first kappa shape index (κ1) is 34.0. The fraction of sp³-hybridized carbons (Fsp3) is 0.355. The average molecular weight is 651 g/mol. The molecule has 0 aliphatic rings. The van der Waals surface area contributed by atoms with E-state index < -0.39 is 40.0 Å². The third-order valence-electron chi connectivity index (χ3n) is 6.54. The molecular formula is C31H37Cl2N3O6S. The zero-order valence-electron chi connectivity index (χ0n) is 25.1. The molecule has 3 rings (SSSR count). The lowest BCUT2D eigenvalue weighted by Crippen LogP contribution is -2.55. The Morgan fingerprint density at radius 1 is 0.930 bits per heavy atom. The number of methoxy groups -OCH3 is 2. The van der Waals surface area contributed by atoms with Crippen molar-refractivity contribution in [1.82, 2.24) is 10.2 Å². The van der Waals surface area contributed by atoms with Crippen LogP contribution in [0, 0.1) is 0 Å². The summed E-state index contributed by atoms with van der Waals surface area (Å²) in [6.45, 7) is 6.46. The number of nitrogens with one attached hydrogen (secondary N) is 1. The second-order valence-electron chi connectivity index (χ2n) is 10.7. The fourth-order valence-corrected chi connectivity index (χ4v) is 6.41. The van der Waals surface area contributed by atoms with Gasteiger partial charge >= 0.3 is 0 Å². The van der Waals surface area contributed by atoms with Gasteiger partial charge in [-0.15, -0.1) is 0 Å². The molecule has 1 atom stereocenters. The zero-order valence-corrected chi connectivity index (χ0v) is 27.4. The van der Waals surface area contributed by atoms with Crippen molar-refractivity contribution in [2.45, 2.75) is 57.1 Å². The van der Waals surface area contributed by atoms with Gasteiger partial charge in [-0.05, 0) is 63.6 Å². The normalized spacial score (nSPS) is 12.3. The third kappa shape index (κ3) is 8.34. The van der Waals surface area contributed by atoms with Crippen LogP contribution in [0.4, 0.5) is 5.69 Å². The van der Waals surface area contributed by atoms with Crippen molar-refractivity contribution >= 4 is 50.7 Å². The van der Waals surface area contributed by atoms with Crippen LogP contribution in [0.5, 0.6) is 11.5 Å². The van der Waals surface area contributed by atoms with E-state index >= 15 is 0 Å². The SMILES string of the molecule is CC[C@@H](C(=O)NC(C)(C)C)N(Cc1c(Cl)cccc1Cl)C(=O)CN(c1cc(OC)ccc1OC)S(=O)(=O)c1ccccc1. The van der Waals surface area contributed by atoms with E-state index in [1.54, 1.807) is 55.5 Å². The number of ether oxygens (including phenoxy) is 2. The summed E-state index contributed by atoms with van der Waals surface area (Å²) in [6.07, 6.45) is 0.240. The summed E-state index contributed by atoms with van der Waals surface area (Å²) < 4.78 is 40.1. The van der Waals surface area contributed by atoms with Gasteiger partial charge in [0.1, 0.15) is 24.1 Å². The van der Waals surface area contributed by atoms with E-state index in [0.717, 1.165) is 4.31 Å². The van der Waals surface area contributed by atoms with E-state index in [-0.39, 0.29) is 29.3 Å². The van der Waals surface area contributed by atoms with E-state index in [9.17, 15) is 18.0 Å². The second kappa shape index (κ2) is 14.3. The van der Waals surface area contributed by atoms with Crippen LogP contribution >= 0.6 is 23.2 Å². The van der Waals surface area contributed by atoms with E-state index in [1.807, 2.05) is 20.8 Å². The largest absolute Gasteiger partial charge is 0.497 e. The minimum absolute atomic E-state index is 0.0362. The molecule has 232 valence electrons. The highest BCUT2D eigenvalue weighted by atomic mass is 35.5. The van der Waals surface area contributed by atoms with Gasteiger partial charge in [-0.25, -0.2) is 8.42 Å². The lowest BCUT2D eigenvalue weighted by Gasteiger charge is -2.35. The van der Waals surface area contributed by atoms with Crippen LogP contribution in [0.1, 0.15) is 39.7 Å². The quantitative estimate of drug-likeness (QED) is 0.261. The van der Waals surface area contributed by atoms with Crippen LogP contribution in [0.2, 0.25) is 10.0 Å². The zero-order chi connectivity index (χ0) is 31.9. The molecule has 3 aromatic carbocycles. The number of nitrogens with zero attached hydrogens (tertiary/aromatic N) is 2. The van der Waals surface area contributed by atoms with E-state index in [4.69, 9.17) is 32.7 Å². The van der Waals surface area contributed by atoms with Crippen LogP contribution in [0.15, 0.2) is 71.6 Å². The summed E-state index contributed by atoms with van der Waals surface area (Å²) in [5.74, 6) is -0.502. The number of hydrogen-bond donors (Lipinski definition) is 1. The number of carbonyl (C=O) groups is 2. The highest BCUT2D eigenvalue weighted by Crippen LogP contribution is 2.36. The highest BCUT2D eigenvalue weighted by molar-refractivity contribution is 7.92. The van der Waals surface area contributed by atoms with Gasteiger partial charge in [0, 0.05) is 33.8 Å². The summed E-state index contributed by atoms with van der Waals surface area (Å²) in [7, 11) is -1.47. The Morgan fingerprint density at radius 3 is 2.09 bits per heavy atom. The number of anilines is 1. The minimum atomic E-state index is -4.31. The topological polar surface area (TPSA) is 105 Å². The molecule has 0 saturated heterocycles. The van der Waals surface area contributed by atoms with Gasteiger partial charge in [0.05, 0.1) is 24.8 Å². The number of halogens is 2. The molecule has 1 N–H and O–H groups in total. The van der Waals surface area contributed by atoms with Gasteiger partial charge in [-0.3, -0.25) is 13.9 Å². The van der Waals surface area contributed by atoms with Gasteiger partial charge < -0.3 is 19.7 Å². The average Bonchev–Trinajstić information content (AvgIpc) is 2.96. The molecule has 0 bridgehead atoms. The van der Waals surface area contributed by atoms with Crippen LogP contribution in [0.25, 0.3) is 0 Å². The third-order valence-corrected chi connectivity index (χ3v) is 9.02. The first-order chi connectivity index (χ1) is 20.2. The van der Waals surface area contributed by atoms with Crippen LogP contribution in [-0.4, -0.2) is 57.5 Å². The summed E-state index contributed by atoms with van der Waals surface area (Å²) in [5, 5.41) is 3.54. The van der Waals surface area contributed by atoms with Crippen molar-refractivity contribution in [2.24, 2.45) is 0 Å². The van der Waals surface area contributed by atoms with Crippen molar-refractivity contribution in [3.05, 3.63) is 82.3 Å². The van der Waals surface area contributed by atoms with E-state index in [0.29, 0.717) is 21.4 Å². The van der Waals surface area contributed by atoms with E-state index in [2.05, 4.69) is 5.32 Å². The Bertz CT molecular complexity index is 1520. The monoisotopic (exact) mass is 649 g/mol. The summed E-state index contributed by atoms with van der Waals surface area (Å²) in [4.78, 5) is 29.1. The highest BCUT2D eigenvalue weighted by Gasteiger charge is 2.36. The first-order valence-electron chi connectivity index (χ1n) is 13.6. The van der Waals surface area contributed by atoms with Crippen LogP contribution in [0.3, 0.4) is 0 Å². The van der Waals surface area contributed by atoms with Crippen molar-refractivity contribution in [3.8, 4) is 11.5 Å². The number of amides is 2. The van der Waals surface area contributed by atoms with E-state index in [1.165, 1.54) is 37.3 Å². The predicted molar refractivity (Wildman–Crippen MR) is 170 cm³/mol. The number of hydrogen-bond acceptors (Lipinski definition) is 6. The summed E-state index contributed by atoms with van der Waals surface area (Å²) in [6, 6.07) is 16.4. The number of sulfonamides is 1. The Hall–Kier alpha value is -3.47. The van der Waals surface area contributed by atoms with Crippen molar-refractivity contribution in [1.29, 1.82) is 0 Å². The summed E-state index contributed by atoms with van der Waals surface area (Å²) in [5.41, 5.74) is -0.0719. The van der Waals surface area contributed by atoms with Crippen LogP contribution in [-0.2, 0) is 26.2 Å². The van der Waals surface area contributed by atoms with Gasteiger partial charge in [-0.2, -0.15) is 0 Å². The fourth-order valence-electron chi connectivity index (χ4n) is 4.45. The lowest BCUT2D eigenvalue weighted by atomic mass is 10.1. The molecule has 43 heavy (non-hydrogen) atoms. The standard InChI is InChI=1S/C31H37Cl2N3O6S/c1-7-26(30(38)34-31(2,3)4)35(19-23-24(32)14-11-15-25(23)33)29(37)20-36(43(39,40)22-12-9-8-10-13-22)27-18-21(41-5)16-17-28(27)42-6/h8-18,26H,7,19-20H2,1-6H3,(H,34,38)/t26-/m0/s1. The molecule has 0 radical (unpaired) electrons. The van der Waals surface area contributed by atoms with Gasteiger partial charge in [0.25, 0.3) is 10.0 Å². The van der Waals surface area contributed by atoms with Gasteiger partial charge in [0.15, 0.2) is 0 Å².